The second-order valence-electron chi connectivity index (χ2n) is 8.75. The second-order valence-corrected chi connectivity index (χ2v) is 12.6. The monoisotopic (exact) mass is 536 g/mol. The zero-order valence-electron chi connectivity index (χ0n) is 20.7. The van der Waals surface area contributed by atoms with Gasteiger partial charge in [0.25, 0.3) is 0 Å². The van der Waals surface area contributed by atoms with E-state index in [9.17, 15) is 9.59 Å². The van der Waals surface area contributed by atoms with Crippen molar-refractivity contribution >= 4 is 67.6 Å². The molecule has 8 heteroatoms. The minimum Gasteiger partial charge on any atom is -0.291 e. The Morgan fingerprint density at radius 3 is 2.00 bits per heavy atom. The molecule has 4 rings (SSSR count). The molecular weight excluding hydrogens is 501 g/mol. The molecule has 1 aliphatic rings. The van der Waals surface area contributed by atoms with Crippen molar-refractivity contribution < 1.29 is 9.59 Å². The lowest BCUT2D eigenvalue weighted by atomic mass is 9.95. The molecule has 0 amide bonds. The Balaban J connectivity index is 0.000000191. The molecule has 34 heavy (non-hydrogen) atoms. The Kier molecular flexibility index (Phi) is 11.2. The topological polar surface area (TPSA) is 59.9 Å². The van der Waals surface area contributed by atoms with Crippen LogP contribution in [0.1, 0.15) is 109 Å². The first-order valence-corrected chi connectivity index (χ1v) is 16.2. The molecule has 4 heterocycles. The predicted octanol–water partition coefficient (Wildman–Crippen LogP) is 9.05. The minimum absolute atomic E-state index is 0.161. The van der Waals surface area contributed by atoms with E-state index < -0.39 is 0 Å². The zero-order valence-corrected chi connectivity index (χ0v) is 24.0. The maximum atomic E-state index is 12.3. The molecule has 0 N–H and O–H groups in total. The molecule has 0 radical (unpaired) electrons. The van der Waals surface area contributed by atoms with Gasteiger partial charge in [-0.15, -0.1) is 45.8 Å². The number of ketones is 2. The van der Waals surface area contributed by atoms with Gasteiger partial charge >= 0.3 is 0 Å². The summed E-state index contributed by atoms with van der Waals surface area (Å²) >= 11 is 6.70. The summed E-state index contributed by atoms with van der Waals surface area (Å²) in [7, 11) is 0. The van der Waals surface area contributed by atoms with Gasteiger partial charge in [0.05, 0.1) is 15.9 Å². The first-order valence-electron chi connectivity index (χ1n) is 12.5. The Labute approximate surface area is 220 Å². The molecule has 0 aliphatic carbocycles. The first-order chi connectivity index (χ1) is 16.5. The summed E-state index contributed by atoms with van der Waals surface area (Å²) in [6.07, 6.45) is 8.46. The molecule has 0 fully saturated rings. The highest BCUT2D eigenvalue weighted by atomic mass is 32.2. The lowest BCUT2D eigenvalue weighted by Gasteiger charge is -2.10. The van der Waals surface area contributed by atoms with Gasteiger partial charge in [-0.2, -0.15) is 0 Å². The standard InChI is InChI=1S/C13H19NOS2.C13H17NOS2/c2*1-3-5-6-9(4-2)12(15)13-14-10-7-16-8-11(10)17-13/h9H,3-8H2,1-2H3;7-9H,3-6H2,1-2H3. The van der Waals surface area contributed by atoms with Crippen molar-refractivity contribution in [2.24, 2.45) is 11.8 Å². The molecule has 2 unspecified atom stereocenters. The quantitative estimate of drug-likeness (QED) is 0.216. The van der Waals surface area contributed by atoms with Crippen molar-refractivity contribution in [3.63, 3.8) is 0 Å². The average molecular weight is 537 g/mol. The summed E-state index contributed by atoms with van der Waals surface area (Å²) in [4.78, 5) is 34.9. The number of thiazole rings is 2. The van der Waals surface area contributed by atoms with Crippen LogP contribution in [0.4, 0.5) is 0 Å². The molecule has 2 atom stereocenters. The average Bonchev–Trinajstić information content (AvgIpc) is 3.60. The van der Waals surface area contributed by atoms with Gasteiger partial charge < -0.3 is 0 Å². The Morgan fingerprint density at radius 2 is 1.47 bits per heavy atom. The smallest absolute Gasteiger partial charge is 0.194 e. The predicted molar refractivity (Wildman–Crippen MR) is 150 cm³/mol. The third-order valence-electron chi connectivity index (χ3n) is 6.25. The van der Waals surface area contributed by atoms with Crippen LogP contribution in [0, 0.1) is 11.8 Å². The third-order valence-corrected chi connectivity index (χ3v) is 10.4. The molecule has 4 nitrogen and oxygen atoms in total. The molecule has 3 aromatic heterocycles. The SMILES string of the molecule is CCCCC(CC)C(=O)c1nc2c(s1)CSC2.CCCCC(CC)C(=O)c1nc2cscc2s1. The summed E-state index contributed by atoms with van der Waals surface area (Å²) in [6, 6.07) is 0. The lowest BCUT2D eigenvalue weighted by Crippen LogP contribution is -2.14. The van der Waals surface area contributed by atoms with Crippen LogP contribution in [-0.2, 0) is 11.5 Å². The summed E-state index contributed by atoms with van der Waals surface area (Å²) in [5, 5.41) is 5.54. The number of hydrogen-bond acceptors (Lipinski definition) is 8. The number of nitrogens with zero attached hydrogens (tertiary/aromatic N) is 2. The van der Waals surface area contributed by atoms with E-state index in [1.54, 1.807) is 22.7 Å². The van der Waals surface area contributed by atoms with E-state index in [1.807, 2.05) is 17.1 Å². The van der Waals surface area contributed by atoms with Gasteiger partial charge in [-0.05, 0) is 25.7 Å². The van der Waals surface area contributed by atoms with Gasteiger partial charge in [0.2, 0.25) is 0 Å². The fourth-order valence-corrected chi connectivity index (χ4v) is 8.26. The molecule has 3 aromatic rings. The highest BCUT2D eigenvalue weighted by molar-refractivity contribution is 7.98. The molecular formula is C26H36N2O2S4. The van der Waals surface area contributed by atoms with Gasteiger partial charge in [0, 0.05) is 39.0 Å². The molecule has 1 aliphatic heterocycles. The van der Waals surface area contributed by atoms with Crippen LogP contribution in [0.3, 0.4) is 0 Å². The maximum Gasteiger partial charge on any atom is 0.194 e. The van der Waals surface area contributed by atoms with Gasteiger partial charge in [0.1, 0.15) is 0 Å². The number of Topliss-reactive ketones (excluding diaryl/α,β-unsaturated/α-hetero) is 2. The zero-order chi connectivity index (χ0) is 24.5. The van der Waals surface area contributed by atoms with E-state index in [4.69, 9.17) is 0 Å². The van der Waals surface area contributed by atoms with Crippen LogP contribution in [0.5, 0.6) is 0 Å². The summed E-state index contributed by atoms with van der Waals surface area (Å²) in [6.45, 7) is 8.53. The number of carbonyl (C=O) groups excluding carboxylic acids is 2. The number of hydrogen-bond donors (Lipinski definition) is 0. The van der Waals surface area contributed by atoms with Crippen molar-refractivity contribution in [2.75, 3.05) is 0 Å². The number of aromatic nitrogens is 2. The van der Waals surface area contributed by atoms with Gasteiger partial charge in [-0.1, -0.05) is 53.4 Å². The number of thiophene rings is 1. The van der Waals surface area contributed by atoms with Crippen LogP contribution in [0.25, 0.3) is 10.2 Å². The number of carbonyl (C=O) groups is 2. The molecule has 186 valence electrons. The third kappa shape index (κ3) is 6.99. The second kappa shape index (κ2) is 13.9. The largest absolute Gasteiger partial charge is 0.291 e. The van der Waals surface area contributed by atoms with Crippen molar-refractivity contribution in [1.29, 1.82) is 0 Å². The summed E-state index contributed by atoms with van der Waals surface area (Å²) < 4.78 is 1.14. The Bertz CT molecular complexity index is 1020. The van der Waals surface area contributed by atoms with E-state index >= 15 is 0 Å². The van der Waals surface area contributed by atoms with Gasteiger partial charge in [0.15, 0.2) is 21.6 Å². The molecule has 0 saturated carbocycles. The van der Waals surface area contributed by atoms with Crippen molar-refractivity contribution in [3.05, 3.63) is 31.3 Å². The van der Waals surface area contributed by atoms with Crippen molar-refractivity contribution in [3.8, 4) is 0 Å². The highest BCUT2D eigenvalue weighted by Crippen LogP contribution is 2.35. The Hall–Kier alpha value is -1.09. The van der Waals surface area contributed by atoms with Gasteiger partial charge in [-0.25, -0.2) is 9.97 Å². The summed E-state index contributed by atoms with van der Waals surface area (Å²) in [5.74, 6) is 2.91. The lowest BCUT2D eigenvalue weighted by molar-refractivity contribution is 0.0900. The fraction of sp³-hybridized carbons (Fsp3) is 0.615. The number of thioether (sulfide) groups is 1. The molecule has 0 aromatic carbocycles. The van der Waals surface area contributed by atoms with E-state index in [0.717, 1.165) is 83.8 Å². The van der Waals surface area contributed by atoms with Crippen LogP contribution in [0.2, 0.25) is 0 Å². The van der Waals surface area contributed by atoms with E-state index in [0.29, 0.717) is 5.01 Å². The number of rotatable bonds is 12. The van der Waals surface area contributed by atoms with Crippen molar-refractivity contribution in [2.45, 2.75) is 90.6 Å². The Morgan fingerprint density at radius 1 is 0.853 bits per heavy atom. The van der Waals surface area contributed by atoms with E-state index in [2.05, 4.69) is 43.0 Å². The molecule has 0 bridgehead atoms. The maximum absolute atomic E-state index is 12.3. The van der Waals surface area contributed by atoms with E-state index in [1.165, 1.54) is 16.2 Å². The first kappa shape index (κ1) is 27.5. The number of unbranched alkanes of at least 4 members (excludes halogenated alkanes) is 2. The van der Waals surface area contributed by atoms with Crippen LogP contribution < -0.4 is 0 Å². The summed E-state index contributed by atoms with van der Waals surface area (Å²) in [5.41, 5.74) is 2.14. The van der Waals surface area contributed by atoms with Crippen LogP contribution in [0.15, 0.2) is 10.8 Å². The number of fused-ring (bicyclic) bond motifs is 2. The molecule has 0 saturated heterocycles. The van der Waals surface area contributed by atoms with Crippen LogP contribution >= 0.6 is 45.8 Å². The highest BCUT2D eigenvalue weighted by Gasteiger charge is 2.25. The van der Waals surface area contributed by atoms with E-state index in [-0.39, 0.29) is 23.4 Å². The fourth-order valence-electron chi connectivity index (χ4n) is 4.02. The van der Waals surface area contributed by atoms with Crippen LogP contribution in [-0.4, -0.2) is 21.5 Å². The molecule has 0 spiro atoms. The minimum atomic E-state index is 0.161. The van der Waals surface area contributed by atoms with Gasteiger partial charge in [-0.3, -0.25) is 9.59 Å². The van der Waals surface area contributed by atoms with Crippen molar-refractivity contribution in [1.82, 2.24) is 9.97 Å². The normalized spacial score (nSPS) is 14.5.